The first-order valence-electron chi connectivity index (χ1n) is 6.15. The molecule has 98 valence electrons. The number of aryl methyl sites for hydroxylation is 1. The zero-order valence-corrected chi connectivity index (χ0v) is 11.7. The van der Waals surface area contributed by atoms with Crippen molar-refractivity contribution in [2.75, 3.05) is 6.61 Å². The van der Waals surface area contributed by atoms with Crippen molar-refractivity contribution in [1.29, 1.82) is 0 Å². The van der Waals surface area contributed by atoms with Crippen molar-refractivity contribution in [3.05, 3.63) is 51.7 Å². The molecule has 3 heteroatoms. The summed E-state index contributed by atoms with van der Waals surface area (Å²) in [7, 11) is 0. The summed E-state index contributed by atoms with van der Waals surface area (Å²) in [5.74, 6) is 6.85. The monoisotopic (exact) mass is 272 g/mol. The first-order valence-corrected chi connectivity index (χ1v) is 7.03. The average Bonchev–Trinajstić information content (AvgIpc) is 2.86. The SMILES string of the molecule is Cc1ccccc1OCc1cc(C#CCCO)cs1. The van der Waals surface area contributed by atoms with Crippen molar-refractivity contribution in [3.8, 4) is 17.6 Å². The molecular formula is C16H16O2S. The van der Waals surface area contributed by atoms with E-state index < -0.39 is 0 Å². The van der Waals surface area contributed by atoms with Crippen LogP contribution in [0.15, 0.2) is 35.7 Å². The van der Waals surface area contributed by atoms with E-state index in [0.29, 0.717) is 13.0 Å². The van der Waals surface area contributed by atoms with Gasteiger partial charge in [0.05, 0.1) is 6.61 Å². The van der Waals surface area contributed by atoms with Crippen LogP contribution < -0.4 is 4.74 Å². The first-order chi connectivity index (χ1) is 9.29. The summed E-state index contributed by atoms with van der Waals surface area (Å²) in [6.45, 7) is 2.72. The quantitative estimate of drug-likeness (QED) is 0.865. The van der Waals surface area contributed by atoms with Gasteiger partial charge in [-0.15, -0.1) is 11.3 Å². The summed E-state index contributed by atoms with van der Waals surface area (Å²) in [6, 6.07) is 10.0. The molecule has 0 bridgehead atoms. The number of thiophene rings is 1. The highest BCUT2D eigenvalue weighted by atomic mass is 32.1. The molecule has 1 N–H and O–H groups in total. The fraction of sp³-hybridized carbons (Fsp3) is 0.250. The van der Waals surface area contributed by atoms with Crippen LogP contribution in [0.2, 0.25) is 0 Å². The topological polar surface area (TPSA) is 29.5 Å². The van der Waals surface area contributed by atoms with Gasteiger partial charge < -0.3 is 9.84 Å². The van der Waals surface area contributed by atoms with Crippen LogP contribution in [-0.4, -0.2) is 11.7 Å². The van der Waals surface area contributed by atoms with Gasteiger partial charge in [-0.1, -0.05) is 30.0 Å². The molecular weight excluding hydrogens is 256 g/mol. The maximum Gasteiger partial charge on any atom is 0.122 e. The Labute approximate surface area is 117 Å². The minimum atomic E-state index is 0.111. The molecule has 0 aliphatic rings. The summed E-state index contributed by atoms with van der Waals surface area (Å²) in [4.78, 5) is 1.15. The molecule has 0 atom stereocenters. The number of benzene rings is 1. The van der Waals surface area contributed by atoms with Crippen LogP contribution in [0.3, 0.4) is 0 Å². The number of para-hydroxylation sites is 1. The van der Waals surface area contributed by atoms with E-state index in [1.807, 2.05) is 42.6 Å². The Morgan fingerprint density at radius 1 is 1.32 bits per heavy atom. The standard InChI is InChI=1S/C16H16O2S/c1-13-6-2-3-8-16(13)18-11-15-10-14(12-19-15)7-4-5-9-17/h2-3,6,8,10,12,17H,5,9,11H2,1H3. The second kappa shape index (κ2) is 6.98. The highest BCUT2D eigenvalue weighted by molar-refractivity contribution is 7.10. The van der Waals surface area contributed by atoms with E-state index in [-0.39, 0.29) is 6.61 Å². The number of aliphatic hydroxyl groups is 1. The molecule has 0 spiro atoms. The maximum absolute atomic E-state index is 8.67. The first kappa shape index (κ1) is 13.7. The fourth-order valence-corrected chi connectivity index (χ4v) is 2.34. The lowest BCUT2D eigenvalue weighted by molar-refractivity contribution is 0.305. The van der Waals surface area contributed by atoms with Gasteiger partial charge in [-0.25, -0.2) is 0 Å². The molecule has 0 unspecified atom stereocenters. The molecule has 1 heterocycles. The Morgan fingerprint density at radius 2 is 2.16 bits per heavy atom. The summed E-state index contributed by atoms with van der Waals surface area (Å²) in [5.41, 5.74) is 2.13. The van der Waals surface area contributed by atoms with Gasteiger partial charge in [-0.3, -0.25) is 0 Å². The van der Waals surface area contributed by atoms with Crippen molar-refractivity contribution in [3.63, 3.8) is 0 Å². The summed E-state index contributed by atoms with van der Waals surface area (Å²) in [6.07, 6.45) is 0.519. The Bertz CT molecular complexity index is 590. The third kappa shape index (κ3) is 4.13. The van der Waals surface area contributed by atoms with Crippen molar-refractivity contribution >= 4 is 11.3 Å². The second-order valence-corrected chi connectivity index (χ2v) is 5.13. The highest BCUT2D eigenvalue weighted by Gasteiger charge is 2.01. The molecule has 0 fully saturated rings. The molecule has 1 aromatic heterocycles. The normalized spacial score (nSPS) is 9.79. The summed E-state index contributed by atoms with van der Waals surface area (Å²) in [5, 5.41) is 10.7. The van der Waals surface area contributed by atoms with E-state index in [2.05, 4.69) is 11.8 Å². The number of rotatable bonds is 4. The van der Waals surface area contributed by atoms with Gasteiger partial charge in [-0.05, 0) is 24.6 Å². The van der Waals surface area contributed by atoms with Gasteiger partial charge in [0.1, 0.15) is 12.4 Å². The third-order valence-corrected chi connectivity index (χ3v) is 3.50. The molecule has 0 saturated heterocycles. The van der Waals surface area contributed by atoms with E-state index in [4.69, 9.17) is 9.84 Å². The number of hydrogen-bond acceptors (Lipinski definition) is 3. The van der Waals surface area contributed by atoms with Gasteiger partial charge >= 0.3 is 0 Å². The Kier molecular flexibility index (Phi) is 5.02. The van der Waals surface area contributed by atoms with Crippen LogP contribution in [-0.2, 0) is 6.61 Å². The molecule has 0 radical (unpaired) electrons. The van der Waals surface area contributed by atoms with Gasteiger partial charge in [-0.2, -0.15) is 0 Å². The zero-order chi connectivity index (χ0) is 13.5. The Hall–Kier alpha value is -1.76. The van der Waals surface area contributed by atoms with E-state index in [1.165, 1.54) is 0 Å². The largest absolute Gasteiger partial charge is 0.488 e. The smallest absolute Gasteiger partial charge is 0.122 e. The van der Waals surface area contributed by atoms with Crippen LogP contribution in [0, 0.1) is 18.8 Å². The summed E-state index contributed by atoms with van der Waals surface area (Å²) >= 11 is 1.64. The van der Waals surface area contributed by atoms with Gasteiger partial charge in [0.25, 0.3) is 0 Å². The Balaban J connectivity index is 1.94. The molecule has 0 aliphatic heterocycles. The van der Waals surface area contributed by atoms with Crippen molar-refractivity contribution in [2.24, 2.45) is 0 Å². The van der Waals surface area contributed by atoms with Crippen molar-refractivity contribution < 1.29 is 9.84 Å². The van der Waals surface area contributed by atoms with E-state index in [0.717, 1.165) is 21.8 Å². The number of ether oxygens (including phenoxy) is 1. The molecule has 2 rings (SSSR count). The van der Waals surface area contributed by atoms with Gasteiger partial charge in [0.2, 0.25) is 0 Å². The van der Waals surface area contributed by atoms with Crippen LogP contribution in [0.25, 0.3) is 0 Å². The number of aliphatic hydroxyl groups excluding tert-OH is 1. The lowest BCUT2D eigenvalue weighted by atomic mass is 10.2. The predicted octanol–water partition coefficient (Wildman–Crippen LogP) is 3.37. The summed E-state index contributed by atoms with van der Waals surface area (Å²) < 4.78 is 5.78. The molecule has 19 heavy (non-hydrogen) atoms. The average molecular weight is 272 g/mol. The van der Waals surface area contributed by atoms with Crippen molar-refractivity contribution in [1.82, 2.24) is 0 Å². The highest BCUT2D eigenvalue weighted by Crippen LogP contribution is 2.20. The number of hydrogen-bond donors (Lipinski definition) is 1. The van der Waals surface area contributed by atoms with Gasteiger partial charge in [0.15, 0.2) is 0 Å². The molecule has 0 saturated carbocycles. The molecule has 2 nitrogen and oxygen atoms in total. The second-order valence-electron chi connectivity index (χ2n) is 4.13. The minimum Gasteiger partial charge on any atom is -0.488 e. The fourth-order valence-electron chi connectivity index (χ4n) is 1.61. The Morgan fingerprint density at radius 3 is 2.95 bits per heavy atom. The van der Waals surface area contributed by atoms with Crippen LogP contribution in [0.5, 0.6) is 5.75 Å². The molecule has 0 aliphatic carbocycles. The van der Waals surface area contributed by atoms with Gasteiger partial charge in [0, 0.05) is 22.2 Å². The van der Waals surface area contributed by atoms with Crippen LogP contribution >= 0.6 is 11.3 Å². The molecule has 0 amide bonds. The van der Waals surface area contributed by atoms with Crippen LogP contribution in [0.1, 0.15) is 22.4 Å². The van der Waals surface area contributed by atoms with E-state index >= 15 is 0 Å². The van der Waals surface area contributed by atoms with E-state index in [1.54, 1.807) is 11.3 Å². The predicted molar refractivity (Wildman–Crippen MR) is 78.4 cm³/mol. The van der Waals surface area contributed by atoms with Crippen LogP contribution in [0.4, 0.5) is 0 Å². The maximum atomic E-state index is 8.67. The zero-order valence-electron chi connectivity index (χ0n) is 10.8. The van der Waals surface area contributed by atoms with E-state index in [9.17, 15) is 0 Å². The lowest BCUT2D eigenvalue weighted by Crippen LogP contribution is -1.94. The van der Waals surface area contributed by atoms with Crippen molar-refractivity contribution in [2.45, 2.75) is 20.0 Å². The molecule has 1 aromatic carbocycles. The minimum absolute atomic E-state index is 0.111. The lowest BCUT2D eigenvalue weighted by Gasteiger charge is -2.06. The molecule has 2 aromatic rings. The third-order valence-electron chi connectivity index (χ3n) is 2.59.